The summed E-state index contributed by atoms with van der Waals surface area (Å²) < 4.78 is 31.4. The largest absolute Gasteiger partial charge is 0.451 e. The van der Waals surface area contributed by atoms with Gasteiger partial charge in [-0.05, 0) is 31.9 Å². The average molecular weight is 392 g/mol. The van der Waals surface area contributed by atoms with E-state index in [4.69, 9.17) is 4.74 Å². The fourth-order valence-electron chi connectivity index (χ4n) is 3.27. The molecule has 9 heteroatoms. The minimum absolute atomic E-state index is 0.268. The van der Waals surface area contributed by atoms with Gasteiger partial charge in [0, 0.05) is 6.07 Å². The van der Waals surface area contributed by atoms with E-state index in [0.29, 0.717) is 18.9 Å². The smallest absolute Gasteiger partial charge is 0.326 e. The first-order chi connectivity index (χ1) is 13.3. The Morgan fingerprint density at radius 1 is 1.18 bits per heavy atom. The number of esters is 1. The van der Waals surface area contributed by atoms with Crippen LogP contribution in [0.25, 0.3) is 0 Å². The Balaban J connectivity index is 1.56. The van der Waals surface area contributed by atoms with Crippen molar-refractivity contribution in [2.45, 2.75) is 25.9 Å². The summed E-state index contributed by atoms with van der Waals surface area (Å²) in [5.74, 6) is -5.34. The molecule has 1 fully saturated rings. The highest BCUT2D eigenvalue weighted by molar-refractivity contribution is 6.07. The van der Waals surface area contributed by atoms with Crippen molar-refractivity contribution in [3.05, 3.63) is 42.0 Å². The first-order valence-electron chi connectivity index (χ1n) is 8.73. The van der Waals surface area contributed by atoms with E-state index in [-0.39, 0.29) is 5.69 Å². The van der Waals surface area contributed by atoms with Crippen molar-refractivity contribution in [1.82, 2.24) is 4.90 Å². The van der Waals surface area contributed by atoms with E-state index in [1.165, 1.54) is 6.92 Å². The lowest BCUT2D eigenvalue weighted by Gasteiger charge is -2.17. The van der Waals surface area contributed by atoms with Gasteiger partial charge in [-0.2, -0.15) is 0 Å². The zero-order chi connectivity index (χ0) is 20.4. The second kappa shape index (κ2) is 7.87. The molecule has 2 aliphatic rings. The van der Waals surface area contributed by atoms with Gasteiger partial charge in [-0.15, -0.1) is 0 Å². The maximum Gasteiger partial charge on any atom is 0.326 e. The van der Waals surface area contributed by atoms with E-state index in [2.05, 4.69) is 5.32 Å². The number of fused-ring (bicyclic) bond motifs is 1. The molecule has 0 bridgehead atoms. The van der Waals surface area contributed by atoms with E-state index in [1.807, 2.05) is 12.2 Å². The number of likely N-dealkylation sites (tertiary alicyclic amines) is 1. The summed E-state index contributed by atoms with van der Waals surface area (Å²) in [6, 6.07) is 2.61. The maximum absolute atomic E-state index is 13.6. The fraction of sp³-hybridized carbons (Fsp3) is 0.368. The van der Waals surface area contributed by atoms with Gasteiger partial charge in [-0.1, -0.05) is 12.2 Å². The molecular weight excluding hydrogens is 374 g/mol. The number of anilines is 1. The van der Waals surface area contributed by atoms with Crippen molar-refractivity contribution >= 4 is 29.4 Å². The van der Waals surface area contributed by atoms with Crippen LogP contribution in [0.15, 0.2) is 30.4 Å². The number of nitrogens with zero attached hydrogens (tertiary/aromatic N) is 1. The van der Waals surface area contributed by atoms with E-state index >= 15 is 0 Å². The molecule has 1 N–H and O–H groups in total. The number of rotatable bonds is 5. The summed E-state index contributed by atoms with van der Waals surface area (Å²) in [5, 5.41) is 2.18. The Morgan fingerprint density at radius 2 is 1.79 bits per heavy atom. The molecule has 0 spiro atoms. The predicted molar refractivity (Wildman–Crippen MR) is 92.6 cm³/mol. The molecule has 1 aliphatic heterocycles. The topological polar surface area (TPSA) is 92.8 Å². The van der Waals surface area contributed by atoms with Gasteiger partial charge >= 0.3 is 5.97 Å². The van der Waals surface area contributed by atoms with Crippen molar-refractivity contribution in [2.75, 3.05) is 11.9 Å². The summed E-state index contributed by atoms with van der Waals surface area (Å²) in [6.45, 7) is 0.666. The van der Waals surface area contributed by atoms with Crippen LogP contribution in [0, 0.1) is 23.5 Å². The third-order valence-electron chi connectivity index (χ3n) is 4.75. The van der Waals surface area contributed by atoms with E-state index in [1.54, 1.807) is 0 Å². The summed E-state index contributed by atoms with van der Waals surface area (Å²) in [6.07, 6.45) is 3.24. The van der Waals surface area contributed by atoms with E-state index in [0.717, 1.165) is 17.0 Å². The lowest BCUT2D eigenvalue weighted by molar-refractivity contribution is -0.158. The number of halogens is 2. The van der Waals surface area contributed by atoms with Crippen LogP contribution in [0.4, 0.5) is 14.5 Å². The first-order valence-corrected chi connectivity index (χ1v) is 8.73. The van der Waals surface area contributed by atoms with Crippen LogP contribution in [-0.2, 0) is 23.9 Å². The van der Waals surface area contributed by atoms with Crippen LogP contribution in [-0.4, -0.2) is 41.2 Å². The lowest BCUT2D eigenvalue weighted by Crippen LogP contribution is -2.39. The standard InChI is InChI=1S/C19H18F2N2O5/c1-10(17(25)22-15-7-6-11(20)8-14(15)21)28-16(24)9-23-18(26)12-4-2-3-5-13(12)19(23)27/h2-3,6-8,10,12-13H,4-5,9H2,1H3,(H,22,25)/t10-,12+,13+/m1/s1. The van der Waals surface area contributed by atoms with E-state index in [9.17, 15) is 28.0 Å². The maximum atomic E-state index is 13.6. The molecule has 1 aromatic rings. The number of imide groups is 1. The van der Waals surface area contributed by atoms with Crippen molar-refractivity contribution in [1.29, 1.82) is 0 Å². The number of hydrogen-bond acceptors (Lipinski definition) is 5. The molecule has 1 heterocycles. The zero-order valence-electron chi connectivity index (χ0n) is 15.0. The molecule has 0 saturated carbocycles. The number of benzene rings is 1. The monoisotopic (exact) mass is 392 g/mol. The van der Waals surface area contributed by atoms with Crippen LogP contribution >= 0.6 is 0 Å². The molecule has 148 valence electrons. The van der Waals surface area contributed by atoms with Crippen molar-refractivity contribution in [3.63, 3.8) is 0 Å². The minimum Gasteiger partial charge on any atom is -0.451 e. The van der Waals surface area contributed by atoms with Crippen LogP contribution < -0.4 is 5.32 Å². The molecular formula is C19H18F2N2O5. The average Bonchev–Trinajstić information content (AvgIpc) is 2.89. The van der Waals surface area contributed by atoms with Gasteiger partial charge in [-0.25, -0.2) is 8.78 Å². The molecule has 0 radical (unpaired) electrons. The first kappa shape index (κ1) is 19.7. The van der Waals surface area contributed by atoms with Crippen LogP contribution in [0.2, 0.25) is 0 Å². The number of nitrogens with one attached hydrogen (secondary N) is 1. The number of ether oxygens (including phenoxy) is 1. The third kappa shape index (κ3) is 3.92. The Labute approximate surface area is 159 Å². The van der Waals surface area contributed by atoms with Gasteiger partial charge in [-0.3, -0.25) is 24.1 Å². The Kier molecular flexibility index (Phi) is 5.53. The van der Waals surface area contributed by atoms with Gasteiger partial charge < -0.3 is 10.1 Å². The summed E-state index contributed by atoms with van der Waals surface area (Å²) in [5.41, 5.74) is -0.268. The molecule has 1 aliphatic carbocycles. The number of hydrogen-bond donors (Lipinski definition) is 1. The Hall–Kier alpha value is -3.10. The predicted octanol–water partition coefficient (Wildman–Crippen LogP) is 1.79. The normalized spacial score (nSPS) is 22.0. The second-order valence-corrected chi connectivity index (χ2v) is 6.66. The molecule has 0 aromatic heterocycles. The third-order valence-corrected chi connectivity index (χ3v) is 4.75. The van der Waals surface area contributed by atoms with Gasteiger partial charge in [0.1, 0.15) is 18.2 Å². The quantitative estimate of drug-likeness (QED) is 0.469. The zero-order valence-corrected chi connectivity index (χ0v) is 15.0. The van der Waals surface area contributed by atoms with E-state index < -0.39 is 59.8 Å². The molecule has 3 atom stereocenters. The highest BCUT2D eigenvalue weighted by Crippen LogP contribution is 2.34. The lowest BCUT2D eigenvalue weighted by atomic mass is 9.85. The summed E-state index contributed by atoms with van der Waals surface area (Å²) in [4.78, 5) is 49.6. The molecule has 0 unspecified atom stereocenters. The number of allylic oxidation sites excluding steroid dienone is 2. The minimum atomic E-state index is -1.31. The van der Waals surface area contributed by atoms with Crippen molar-refractivity contribution in [3.8, 4) is 0 Å². The Morgan fingerprint density at radius 3 is 2.36 bits per heavy atom. The molecule has 7 nitrogen and oxygen atoms in total. The molecule has 3 amide bonds. The highest BCUT2D eigenvalue weighted by Gasteiger charge is 2.47. The van der Waals surface area contributed by atoms with Crippen LogP contribution in [0.1, 0.15) is 19.8 Å². The second-order valence-electron chi connectivity index (χ2n) is 6.66. The SMILES string of the molecule is C[C@@H](OC(=O)CN1C(=O)[C@H]2CC=CC[C@@H]2C1=O)C(=O)Nc1ccc(F)cc1F. The van der Waals surface area contributed by atoms with Gasteiger partial charge in [0.05, 0.1) is 17.5 Å². The molecule has 3 rings (SSSR count). The van der Waals surface area contributed by atoms with Gasteiger partial charge in [0.2, 0.25) is 11.8 Å². The van der Waals surface area contributed by atoms with Crippen LogP contribution in [0.5, 0.6) is 0 Å². The Bertz CT molecular complexity index is 844. The molecule has 1 saturated heterocycles. The fourth-order valence-corrected chi connectivity index (χ4v) is 3.27. The van der Waals surface area contributed by atoms with Gasteiger partial charge in [0.15, 0.2) is 6.10 Å². The summed E-state index contributed by atoms with van der Waals surface area (Å²) >= 11 is 0. The number of amides is 3. The van der Waals surface area contributed by atoms with Crippen molar-refractivity contribution in [2.24, 2.45) is 11.8 Å². The molecule has 1 aromatic carbocycles. The van der Waals surface area contributed by atoms with Gasteiger partial charge in [0.25, 0.3) is 5.91 Å². The molecule has 28 heavy (non-hydrogen) atoms. The number of carbonyl (C=O) groups is 4. The summed E-state index contributed by atoms with van der Waals surface area (Å²) in [7, 11) is 0. The number of carbonyl (C=O) groups excluding carboxylic acids is 4. The van der Waals surface area contributed by atoms with Crippen molar-refractivity contribution < 1.29 is 32.7 Å². The highest BCUT2D eigenvalue weighted by atomic mass is 19.1. The van der Waals surface area contributed by atoms with Crippen LogP contribution in [0.3, 0.4) is 0 Å².